The maximum absolute atomic E-state index is 3.84. The van der Waals surface area contributed by atoms with E-state index < -0.39 is 0 Å². The standard InChI is InChI=1S/C14H21N/c1-5-12-9-10-14(11-13(12)6-2)15(7-3)8-4/h5,9-11H,1,6-8H2,2-4H3. The zero-order chi connectivity index (χ0) is 11.3. The van der Waals surface area contributed by atoms with Crippen molar-refractivity contribution in [2.45, 2.75) is 27.2 Å². The molecule has 0 amide bonds. The van der Waals surface area contributed by atoms with Crippen LogP contribution in [0.15, 0.2) is 24.8 Å². The highest BCUT2D eigenvalue weighted by Gasteiger charge is 2.04. The lowest BCUT2D eigenvalue weighted by atomic mass is 10.0. The first kappa shape index (κ1) is 11.8. The van der Waals surface area contributed by atoms with E-state index in [0.717, 1.165) is 19.5 Å². The van der Waals surface area contributed by atoms with E-state index in [0.29, 0.717) is 0 Å². The smallest absolute Gasteiger partial charge is 0.0369 e. The lowest BCUT2D eigenvalue weighted by Crippen LogP contribution is -2.21. The van der Waals surface area contributed by atoms with Gasteiger partial charge >= 0.3 is 0 Å². The molecular formula is C14H21N. The fraction of sp³-hybridized carbons (Fsp3) is 0.429. The number of aryl methyl sites for hydroxylation is 1. The van der Waals surface area contributed by atoms with Gasteiger partial charge in [0.25, 0.3) is 0 Å². The van der Waals surface area contributed by atoms with E-state index >= 15 is 0 Å². The van der Waals surface area contributed by atoms with Crippen molar-refractivity contribution >= 4 is 11.8 Å². The van der Waals surface area contributed by atoms with Crippen LogP contribution in [0, 0.1) is 0 Å². The number of rotatable bonds is 5. The molecular weight excluding hydrogens is 182 g/mol. The summed E-state index contributed by atoms with van der Waals surface area (Å²) in [6.07, 6.45) is 3.00. The van der Waals surface area contributed by atoms with Gasteiger partial charge in [-0.3, -0.25) is 0 Å². The van der Waals surface area contributed by atoms with Crippen LogP contribution in [0.1, 0.15) is 31.9 Å². The molecule has 0 fully saturated rings. The van der Waals surface area contributed by atoms with Gasteiger partial charge in [0.15, 0.2) is 0 Å². The second-order valence-corrected chi connectivity index (χ2v) is 3.61. The summed E-state index contributed by atoms with van der Waals surface area (Å²) in [5, 5.41) is 0. The lowest BCUT2D eigenvalue weighted by Gasteiger charge is -2.22. The minimum atomic E-state index is 1.06. The first-order valence-corrected chi connectivity index (χ1v) is 5.77. The van der Waals surface area contributed by atoms with E-state index in [2.05, 4.69) is 50.4 Å². The fourth-order valence-corrected chi connectivity index (χ4v) is 1.88. The first-order chi connectivity index (χ1) is 7.26. The summed E-state index contributed by atoms with van der Waals surface area (Å²) in [5.74, 6) is 0. The molecule has 0 heterocycles. The average Bonchev–Trinajstić information content (AvgIpc) is 2.30. The monoisotopic (exact) mass is 203 g/mol. The normalized spacial score (nSPS) is 10.1. The zero-order valence-corrected chi connectivity index (χ0v) is 10.1. The molecule has 0 atom stereocenters. The van der Waals surface area contributed by atoms with E-state index in [1.165, 1.54) is 16.8 Å². The summed E-state index contributed by atoms with van der Waals surface area (Å²) in [5.41, 5.74) is 3.96. The maximum Gasteiger partial charge on any atom is 0.0369 e. The number of nitrogens with zero attached hydrogens (tertiary/aromatic N) is 1. The maximum atomic E-state index is 3.84. The molecule has 82 valence electrons. The molecule has 1 aromatic carbocycles. The van der Waals surface area contributed by atoms with E-state index in [1.807, 2.05) is 6.08 Å². The van der Waals surface area contributed by atoms with Gasteiger partial charge in [-0.25, -0.2) is 0 Å². The van der Waals surface area contributed by atoms with Crippen molar-refractivity contribution in [3.63, 3.8) is 0 Å². The third-order valence-corrected chi connectivity index (χ3v) is 2.86. The van der Waals surface area contributed by atoms with Crippen LogP contribution in [0.4, 0.5) is 5.69 Å². The molecule has 0 saturated carbocycles. The number of anilines is 1. The van der Waals surface area contributed by atoms with Gasteiger partial charge in [-0.05, 0) is 43.5 Å². The Labute approximate surface area is 93.4 Å². The topological polar surface area (TPSA) is 3.24 Å². The quantitative estimate of drug-likeness (QED) is 0.704. The molecule has 0 N–H and O–H groups in total. The molecule has 1 nitrogen and oxygen atoms in total. The Morgan fingerprint density at radius 2 is 1.87 bits per heavy atom. The summed E-state index contributed by atoms with van der Waals surface area (Å²) in [6.45, 7) is 12.5. The molecule has 0 bridgehead atoms. The van der Waals surface area contributed by atoms with Crippen molar-refractivity contribution < 1.29 is 0 Å². The average molecular weight is 203 g/mol. The van der Waals surface area contributed by atoms with Crippen LogP contribution in [-0.2, 0) is 6.42 Å². The molecule has 0 spiro atoms. The zero-order valence-electron chi connectivity index (χ0n) is 10.1. The van der Waals surface area contributed by atoms with Crippen LogP contribution in [0.25, 0.3) is 6.08 Å². The molecule has 0 unspecified atom stereocenters. The highest BCUT2D eigenvalue weighted by atomic mass is 15.1. The minimum Gasteiger partial charge on any atom is -0.372 e. The summed E-state index contributed by atoms with van der Waals surface area (Å²) in [6, 6.07) is 6.63. The van der Waals surface area contributed by atoms with Crippen LogP contribution < -0.4 is 4.90 Å². The first-order valence-electron chi connectivity index (χ1n) is 5.77. The van der Waals surface area contributed by atoms with Gasteiger partial charge in [0.05, 0.1) is 0 Å². The van der Waals surface area contributed by atoms with E-state index in [4.69, 9.17) is 0 Å². The second kappa shape index (κ2) is 5.59. The van der Waals surface area contributed by atoms with Crippen LogP contribution in [0.3, 0.4) is 0 Å². The van der Waals surface area contributed by atoms with Crippen molar-refractivity contribution in [1.82, 2.24) is 0 Å². The highest BCUT2D eigenvalue weighted by molar-refractivity contribution is 5.59. The summed E-state index contributed by atoms with van der Waals surface area (Å²) in [7, 11) is 0. The van der Waals surface area contributed by atoms with Crippen molar-refractivity contribution in [2.24, 2.45) is 0 Å². The van der Waals surface area contributed by atoms with Crippen molar-refractivity contribution in [1.29, 1.82) is 0 Å². The van der Waals surface area contributed by atoms with Gasteiger partial charge in [0, 0.05) is 18.8 Å². The number of benzene rings is 1. The molecule has 0 aliphatic carbocycles. The Balaban J connectivity index is 3.06. The van der Waals surface area contributed by atoms with Gasteiger partial charge in [-0.15, -0.1) is 0 Å². The number of hydrogen-bond acceptors (Lipinski definition) is 1. The van der Waals surface area contributed by atoms with Crippen LogP contribution in [0.2, 0.25) is 0 Å². The molecule has 0 radical (unpaired) electrons. The molecule has 1 aromatic rings. The molecule has 0 saturated heterocycles. The summed E-state index contributed by atoms with van der Waals surface area (Å²) < 4.78 is 0. The van der Waals surface area contributed by atoms with Gasteiger partial charge in [0.1, 0.15) is 0 Å². The minimum absolute atomic E-state index is 1.06. The third-order valence-electron chi connectivity index (χ3n) is 2.86. The van der Waals surface area contributed by atoms with Crippen molar-refractivity contribution in [3.05, 3.63) is 35.9 Å². The van der Waals surface area contributed by atoms with E-state index in [1.54, 1.807) is 0 Å². The molecule has 15 heavy (non-hydrogen) atoms. The highest BCUT2D eigenvalue weighted by Crippen LogP contribution is 2.20. The van der Waals surface area contributed by atoms with Crippen LogP contribution in [-0.4, -0.2) is 13.1 Å². The largest absolute Gasteiger partial charge is 0.372 e. The third kappa shape index (κ3) is 2.62. The fourth-order valence-electron chi connectivity index (χ4n) is 1.88. The predicted molar refractivity (Wildman–Crippen MR) is 69.5 cm³/mol. The summed E-state index contributed by atoms with van der Waals surface area (Å²) in [4.78, 5) is 2.37. The van der Waals surface area contributed by atoms with E-state index in [-0.39, 0.29) is 0 Å². The van der Waals surface area contributed by atoms with Gasteiger partial charge < -0.3 is 4.90 Å². The Morgan fingerprint density at radius 3 is 2.33 bits per heavy atom. The Bertz CT molecular complexity index is 324. The molecule has 0 aromatic heterocycles. The van der Waals surface area contributed by atoms with Crippen molar-refractivity contribution in [2.75, 3.05) is 18.0 Å². The van der Waals surface area contributed by atoms with Gasteiger partial charge in [0.2, 0.25) is 0 Å². The molecule has 0 aliphatic rings. The number of hydrogen-bond donors (Lipinski definition) is 0. The molecule has 1 rings (SSSR count). The lowest BCUT2D eigenvalue weighted by molar-refractivity contribution is 0.864. The Morgan fingerprint density at radius 1 is 1.20 bits per heavy atom. The van der Waals surface area contributed by atoms with Crippen LogP contribution in [0.5, 0.6) is 0 Å². The van der Waals surface area contributed by atoms with Crippen LogP contribution >= 0.6 is 0 Å². The summed E-state index contributed by atoms with van der Waals surface area (Å²) >= 11 is 0. The van der Waals surface area contributed by atoms with Crippen molar-refractivity contribution in [3.8, 4) is 0 Å². The van der Waals surface area contributed by atoms with E-state index in [9.17, 15) is 0 Å². The predicted octanol–water partition coefficient (Wildman–Crippen LogP) is 3.74. The Kier molecular flexibility index (Phi) is 4.41. The SMILES string of the molecule is C=Cc1ccc(N(CC)CC)cc1CC. The second-order valence-electron chi connectivity index (χ2n) is 3.61. The van der Waals surface area contributed by atoms with Gasteiger partial charge in [-0.1, -0.05) is 25.6 Å². The molecule has 1 heteroatoms. The van der Waals surface area contributed by atoms with Gasteiger partial charge in [-0.2, -0.15) is 0 Å². The molecule has 0 aliphatic heterocycles. The Hall–Kier alpha value is -1.24.